The predicted octanol–water partition coefficient (Wildman–Crippen LogP) is 0.890. The zero-order chi connectivity index (χ0) is 12.8. The second-order valence-corrected chi connectivity index (χ2v) is 4.14. The number of aliphatic hydroxyl groups is 2. The van der Waals surface area contributed by atoms with Crippen molar-refractivity contribution in [2.24, 2.45) is 0 Å². The third-order valence-electron chi connectivity index (χ3n) is 2.73. The van der Waals surface area contributed by atoms with Gasteiger partial charge in [-0.1, -0.05) is 18.2 Å². The molecule has 0 spiro atoms. The minimum absolute atomic E-state index is 0.122. The van der Waals surface area contributed by atoms with Gasteiger partial charge in [0.2, 0.25) is 0 Å². The Labute approximate surface area is 101 Å². The summed E-state index contributed by atoms with van der Waals surface area (Å²) >= 11 is 0. The average Bonchev–Trinajstić information content (AvgIpc) is 2.39. The largest absolute Gasteiger partial charge is 0.394 e. The van der Waals surface area contributed by atoms with Gasteiger partial charge >= 0.3 is 0 Å². The van der Waals surface area contributed by atoms with Crippen molar-refractivity contribution in [1.29, 1.82) is 0 Å². The Morgan fingerprint density at radius 3 is 2.00 bits per heavy atom. The maximum atomic E-state index is 12.2. The molecule has 0 radical (unpaired) electrons. The lowest BCUT2D eigenvalue weighted by Gasteiger charge is -2.33. The van der Waals surface area contributed by atoms with E-state index in [0.29, 0.717) is 5.56 Å². The smallest absolute Gasteiger partial charge is 0.254 e. The quantitative estimate of drug-likeness (QED) is 0.799. The lowest BCUT2D eigenvalue weighted by molar-refractivity contribution is 0.0417. The molecule has 0 aromatic heterocycles. The molecule has 0 heterocycles. The van der Waals surface area contributed by atoms with E-state index in [-0.39, 0.29) is 31.2 Å². The van der Waals surface area contributed by atoms with Gasteiger partial charge in [0.15, 0.2) is 0 Å². The fourth-order valence-electron chi connectivity index (χ4n) is 1.74. The first-order valence-electron chi connectivity index (χ1n) is 5.71. The number of rotatable bonds is 5. The van der Waals surface area contributed by atoms with E-state index in [1.807, 2.05) is 6.07 Å². The molecule has 1 aromatic carbocycles. The van der Waals surface area contributed by atoms with E-state index >= 15 is 0 Å². The standard InChI is InChI=1S/C13H19NO3/c1-10(8-15)14(11(2)9-16)13(17)12-6-4-3-5-7-12/h3-7,10-11,15-16H,8-9H2,1-2H3. The molecular weight excluding hydrogens is 218 g/mol. The molecule has 0 saturated carbocycles. The van der Waals surface area contributed by atoms with E-state index in [4.69, 9.17) is 10.2 Å². The molecule has 94 valence electrons. The van der Waals surface area contributed by atoms with Crippen molar-refractivity contribution in [2.45, 2.75) is 25.9 Å². The Bertz CT molecular complexity index is 343. The molecule has 2 N–H and O–H groups in total. The first kappa shape index (κ1) is 13.7. The van der Waals surface area contributed by atoms with Crippen LogP contribution in [0, 0.1) is 0 Å². The van der Waals surface area contributed by atoms with Crippen LogP contribution in [0.15, 0.2) is 30.3 Å². The second kappa shape index (κ2) is 6.37. The van der Waals surface area contributed by atoms with Gasteiger partial charge in [-0.3, -0.25) is 4.79 Å². The lowest BCUT2D eigenvalue weighted by Crippen LogP contribution is -2.47. The van der Waals surface area contributed by atoms with Crippen molar-refractivity contribution in [2.75, 3.05) is 13.2 Å². The number of carbonyl (C=O) groups excluding carboxylic acids is 1. The van der Waals surface area contributed by atoms with Gasteiger partial charge in [-0.15, -0.1) is 0 Å². The minimum atomic E-state index is -0.315. The van der Waals surface area contributed by atoms with Crippen molar-refractivity contribution in [3.05, 3.63) is 35.9 Å². The van der Waals surface area contributed by atoms with Crippen LogP contribution in [-0.4, -0.2) is 46.3 Å². The van der Waals surface area contributed by atoms with Crippen LogP contribution in [0.3, 0.4) is 0 Å². The molecule has 0 saturated heterocycles. The molecule has 2 unspecified atom stereocenters. The van der Waals surface area contributed by atoms with E-state index in [1.54, 1.807) is 38.1 Å². The number of carbonyl (C=O) groups is 1. The van der Waals surface area contributed by atoms with Crippen molar-refractivity contribution >= 4 is 5.91 Å². The highest BCUT2D eigenvalue weighted by atomic mass is 16.3. The number of nitrogens with zero attached hydrogens (tertiary/aromatic N) is 1. The predicted molar refractivity (Wildman–Crippen MR) is 65.7 cm³/mol. The summed E-state index contributed by atoms with van der Waals surface area (Å²) in [5, 5.41) is 18.3. The van der Waals surface area contributed by atoms with E-state index in [0.717, 1.165) is 0 Å². The molecule has 1 rings (SSSR count). The van der Waals surface area contributed by atoms with Crippen molar-refractivity contribution in [3.8, 4) is 0 Å². The molecule has 0 aliphatic rings. The molecule has 17 heavy (non-hydrogen) atoms. The summed E-state index contributed by atoms with van der Waals surface area (Å²) in [7, 11) is 0. The molecule has 2 atom stereocenters. The van der Waals surface area contributed by atoms with Gasteiger partial charge in [0.25, 0.3) is 5.91 Å². The zero-order valence-corrected chi connectivity index (χ0v) is 10.2. The van der Waals surface area contributed by atoms with Crippen LogP contribution in [0.2, 0.25) is 0 Å². The van der Waals surface area contributed by atoms with Gasteiger partial charge in [0, 0.05) is 5.56 Å². The fraction of sp³-hybridized carbons (Fsp3) is 0.462. The Balaban J connectivity index is 2.95. The highest BCUT2D eigenvalue weighted by molar-refractivity contribution is 5.94. The average molecular weight is 237 g/mol. The number of benzene rings is 1. The Hall–Kier alpha value is -1.39. The summed E-state index contributed by atoms with van der Waals surface area (Å²) in [6.07, 6.45) is 0. The minimum Gasteiger partial charge on any atom is -0.394 e. The van der Waals surface area contributed by atoms with E-state index in [2.05, 4.69) is 0 Å². The van der Waals surface area contributed by atoms with E-state index in [9.17, 15) is 4.79 Å². The topological polar surface area (TPSA) is 60.8 Å². The summed E-state index contributed by atoms with van der Waals surface area (Å²) in [6, 6.07) is 8.24. The van der Waals surface area contributed by atoms with Crippen LogP contribution in [0.25, 0.3) is 0 Å². The first-order chi connectivity index (χ1) is 8.11. The van der Waals surface area contributed by atoms with Gasteiger partial charge in [0.05, 0.1) is 25.3 Å². The van der Waals surface area contributed by atoms with Crippen LogP contribution in [0.5, 0.6) is 0 Å². The van der Waals surface area contributed by atoms with Gasteiger partial charge in [-0.2, -0.15) is 0 Å². The molecule has 1 aromatic rings. The molecule has 0 fully saturated rings. The van der Waals surface area contributed by atoms with Crippen LogP contribution >= 0.6 is 0 Å². The van der Waals surface area contributed by atoms with Crippen molar-refractivity contribution in [1.82, 2.24) is 4.90 Å². The van der Waals surface area contributed by atoms with Crippen LogP contribution < -0.4 is 0 Å². The summed E-state index contributed by atoms with van der Waals surface area (Å²) in [5.41, 5.74) is 0.563. The van der Waals surface area contributed by atoms with Crippen LogP contribution in [0.1, 0.15) is 24.2 Å². The second-order valence-electron chi connectivity index (χ2n) is 4.14. The summed E-state index contributed by atoms with van der Waals surface area (Å²) < 4.78 is 0. The summed E-state index contributed by atoms with van der Waals surface area (Å²) in [6.45, 7) is 3.27. The monoisotopic (exact) mass is 237 g/mol. The Kier molecular flexibility index (Phi) is 5.12. The Morgan fingerprint density at radius 1 is 1.12 bits per heavy atom. The van der Waals surface area contributed by atoms with Crippen LogP contribution in [0.4, 0.5) is 0 Å². The van der Waals surface area contributed by atoms with Crippen molar-refractivity contribution < 1.29 is 15.0 Å². The highest BCUT2D eigenvalue weighted by Crippen LogP contribution is 2.12. The maximum absolute atomic E-state index is 12.2. The fourth-order valence-corrected chi connectivity index (χ4v) is 1.74. The Morgan fingerprint density at radius 2 is 1.59 bits per heavy atom. The normalized spacial score (nSPS) is 14.1. The van der Waals surface area contributed by atoms with Gasteiger partial charge in [0.1, 0.15) is 0 Å². The van der Waals surface area contributed by atoms with E-state index in [1.165, 1.54) is 4.90 Å². The number of hydrogen-bond acceptors (Lipinski definition) is 3. The first-order valence-corrected chi connectivity index (χ1v) is 5.71. The molecule has 0 bridgehead atoms. The van der Waals surface area contributed by atoms with Gasteiger partial charge in [-0.05, 0) is 26.0 Å². The van der Waals surface area contributed by atoms with Crippen LogP contribution in [-0.2, 0) is 0 Å². The third kappa shape index (κ3) is 3.28. The van der Waals surface area contributed by atoms with E-state index < -0.39 is 0 Å². The van der Waals surface area contributed by atoms with Gasteiger partial charge < -0.3 is 15.1 Å². The molecule has 0 aliphatic heterocycles. The SMILES string of the molecule is CC(CO)N(C(=O)c1ccccc1)C(C)CO. The molecule has 4 nitrogen and oxygen atoms in total. The zero-order valence-electron chi connectivity index (χ0n) is 10.2. The molecule has 0 aliphatic carbocycles. The summed E-state index contributed by atoms with van der Waals surface area (Å²) in [5.74, 6) is -0.172. The molecule has 4 heteroatoms. The third-order valence-corrected chi connectivity index (χ3v) is 2.73. The maximum Gasteiger partial charge on any atom is 0.254 e. The number of hydrogen-bond donors (Lipinski definition) is 2. The van der Waals surface area contributed by atoms with Crippen molar-refractivity contribution in [3.63, 3.8) is 0 Å². The molecular formula is C13H19NO3. The lowest BCUT2D eigenvalue weighted by atomic mass is 10.1. The number of aliphatic hydroxyl groups excluding tert-OH is 2. The highest BCUT2D eigenvalue weighted by Gasteiger charge is 2.25. The summed E-state index contributed by atoms with van der Waals surface area (Å²) in [4.78, 5) is 13.8. The molecule has 1 amide bonds. The number of amides is 1. The van der Waals surface area contributed by atoms with Gasteiger partial charge in [-0.25, -0.2) is 0 Å².